The van der Waals surface area contributed by atoms with Gasteiger partial charge in [0.05, 0.1) is 12.0 Å². The second-order valence-corrected chi connectivity index (χ2v) is 8.05. The van der Waals surface area contributed by atoms with E-state index in [9.17, 15) is 4.79 Å². The number of amides is 1. The highest BCUT2D eigenvalue weighted by Crippen LogP contribution is 2.38. The third kappa shape index (κ3) is 5.00. The Morgan fingerprint density at radius 2 is 2.24 bits per heavy atom. The number of hydrogen-bond acceptors (Lipinski definition) is 7. The van der Waals surface area contributed by atoms with Crippen molar-refractivity contribution in [2.45, 2.75) is 50.7 Å². The van der Waals surface area contributed by atoms with E-state index >= 15 is 0 Å². The maximum Gasteiger partial charge on any atom is 0.227 e. The van der Waals surface area contributed by atoms with E-state index in [-0.39, 0.29) is 11.5 Å². The van der Waals surface area contributed by atoms with Crippen LogP contribution in [0.3, 0.4) is 0 Å². The second-order valence-electron chi connectivity index (χ2n) is 8.05. The Bertz CT molecular complexity index is 802. The molecule has 2 aliphatic rings. The molecule has 29 heavy (non-hydrogen) atoms. The van der Waals surface area contributed by atoms with Crippen molar-refractivity contribution in [3.05, 3.63) is 41.8 Å². The molecule has 1 unspecified atom stereocenters. The van der Waals surface area contributed by atoms with Gasteiger partial charge in [0.1, 0.15) is 6.61 Å². The molecule has 156 valence electrons. The van der Waals surface area contributed by atoms with Gasteiger partial charge >= 0.3 is 0 Å². The van der Waals surface area contributed by atoms with Crippen molar-refractivity contribution in [1.82, 2.24) is 20.0 Å². The molecule has 8 nitrogen and oxygen atoms in total. The van der Waals surface area contributed by atoms with Gasteiger partial charge in [0, 0.05) is 45.6 Å². The van der Waals surface area contributed by atoms with Crippen molar-refractivity contribution in [1.29, 1.82) is 0 Å². The van der Waals surface area contributed by atoms with Crippen LogP contribution in [-0.2, 0) is 33.7 Å². The third-order valence-corrected chi connectivity index (χ3v) is 5.95. The van der Waals surface area contributed by atoms with Crippen LogP contribution in [0.5, 0.6) is 0 Å². The molecule has 2 aromatic heterocycles. The van der Waals surface area contributed by atoms with Crippen LogP contribution < -0.4 is 0 Å². The van der Waals surface area contributed by atoms with Gasteiger partial charge in [-0.1, -0.05) is 11.2 Å². The van der Waals surface area contributed by atoms with Gasteiger partial charge in [0.25, 0.3) is 0 Å². The summed E-state index contributed by atoms with van der Waals surface area (Å²) in [6.45, 7) is 2.59. The highest BCUT2D eigenvalue weighted by Gasteiger charge is 2.41. The molecular formula is C21H28N4O4. The van der Waals surface area contributed by atoms with E-state index in [1.807, 2.05) is 17.0 Å². The Labute approximate surface area is 170 Å². The molecular weight excluding hydrogens is 372 g/mol. The van der Waals surface area contributed by atoms with E-state index in [1.54, 1.807) is 19.5 Å². The predicted octanol–water partition coefficient (Wildman–Crippen LogP) is 2.18. The lowest BCUT2D eigenvalue weighted by molar-refractivity contribution is -0.146. The predicted molar refractivity (Wildman–Crippen MR) is 104 cm³/mol. The number of hydrogen-bond donors (Lipinski definition) is 0. The van der Waals surface area contributed by atoms with Crippen molar-refractivity contribution in [3.63, 3.8) is 0 Å². The fourth-order valence-corrected chi connectivity index (χ4v) is 4.41. The first-order valence-corrected chi connectivity index (χ1v) is 10.3. The minimum absolute atomic E-state index is 0.136. The van der Waals surface area contributed by atoms with Crippen molar-refractivity contribution in [2.24, 2.45) is 5.92 Å². The van der Waals surface area contributed by atoms with E-state index in [4.69, 9.17) is 14.0 Å². The molecule has 1 spiro atoms. The lowest BCUT2D eigenvalue weighted by Crippen LogP contribution is -2.51. The van der Waals surface area contributed by atoms with Gasteiger partial charge in [-0.2, -0.15) is 4.98 Å². The maximum atomic E-state index is 12.6. The first kappa shape index (κ1) is 20.0. The van der Waals surface area contributed by atoms with Crippen LogP contribution >= 0.6 is 0 Å². The lowest BCUT2D eigenvalue weighted by atomic mass is 9.78. The minimum atomic E-state index is -0.136. The zero-order chi connectivity index (χ0) is 20.1. The molecule has 2 aliphatic heterocycles. The summed E-state index contributed by atoms with van der Waals surface area (Å²) in [5, 5.41) is 3.95. The average Bonchev–Trinajstić information content (AvgIpc) is 3.16. The standard InChI is InChI=1S/C21H28N4O4/c1-27-15-18-23-19(29-24-18)11-16-4-10-28-21(13-16)5-8-25(9-6-21)20(26)12-17-3-2-7-22-14-17/h2-3,7,14,16H,4-6,8-13,15H2,1H3. The van der Waals surface area contributed by atoms with Crippen molar-refractivity contribution in [3.8, 4) is 0 Å². The number of pyridine rings is 1. The van der Waals surface area contributed by atoms with Crippen LogP contribution in [0.4, 0.5) is 0 Å². The fraction of sp³-hybridized carbons (Fsp3) is 0.619. The molecule has 2 aromatic rings. The first-order valence-electron chi connectivity index (χ1n) is 10.3. The number of carbonyl (C=O) groups is 1. The Morgan fingerprint density at radius 3 is 3.00 bits per heavy atom. The third-order valence-electron chi connectivity index (χ3n) is 5.95. The highest BCUT2D eigenvalue weighted by atomic mass is 16.5. The molecule has 0 saturated carbocycles. The fourth-order valence-electron chi connectivity index (χ4n) is 4.41. The average molecular weight is 400 g/mol. The summed E-state index contributed by atoms with van der Waals surface area (Å²) in [7, 11) is 1.62. The van der Waals surface area contributed by atoms with Crippen molar-refractivity contribution < 1.29 is 18.8 Å². The molecule has 0 radical (unpaired) electrons. The van der Waals surface area contributed by atoms with Crippen LogP contribution in [0.2, 0.25) is 0 Å². The van der Waals surface area contributed by atoms with Gasteiger partial charge in [0.15, 0.2) is 5.82 Å². The summed E-state index contributed by atoms with van der Waals surface area (Å²) in [6.07, 6.45) is 8.38. The van der Waals surface area contributed by atoms with Gasteiger partial charge in [-0.3, -0.25) is 9.78 Å². The summed E-state index contributed by atoms with van der Waals surface area (Å²) in [5.74, 6) is 1.88. The molecule has 0 N–H and O–H groups in total. The molecule has 4 rings (SSSR count). The van der Waals surface area contributed by atoms with Crippen molar-refractivity contribution >= 4 is 5.91 Å². The zero-order valence-electron chi connectivity index (χ0n) is 16.9. The van der Waals surface area contributed by atoms with E-state index in [0.717, 1.165) is 57.4 Å². The number of rotatable bonds is 6. The first-order chi connectivity index (χ1) is 14.2. The summed E-state index contributed by atoms with van der Waals surface area (Å²) in [5.41, 5.74) is 0.822. The summed E-state index contributed by atoms with van der Waals surface area (Å²) < 4.78 is 16.6. The molecule has 1 amide bonds. The van der Waals surface area contributed by atoms with Crippen molar-refractivity contribution in [2.75, 3.05) is 26.8 Å². The smallest absolute Gasteiger partial charge is 0.227 e. The number of carbonyl (C=O) groups excluding carboxylic acids is 1. The number of piperidine rings is 1. The molecule has 2 fully saturated rings. The molecule has 0 bridgehead atoms. The molecule has 0 aliphatic carbocycles. The van der Waals surface area contributed by atoms with Gasteiger partial charge in [-0.05, 0) is 43.2 Å². The summed E-state index contributed by atoms with van der Waals surface area (Å²) in [4.78, 5) is 23.1. The highest BCUT2D eigenvalue weighted by molar-refractivity contribution is 5.78. The Kier molecular flexibility index (Phi) is 6.20. The van der Waals surface area contributed by atoms with Crippen LogP contribution in [-0.4, -0.2) is 58.3 Å². The second kappa shape index (κ2) is 9.00. The lowest BCUT2D eigenvalue weighted by Gasteiger charge is -2.46. The van der Waals surface area contributed by atoms with Crippen LogP contribution in [0.1, 0.15) is 43.0 Å². The number of ether oxygens (including phenoxy) is 2. The number of nitrogens with zero attached hydrogens (tertiary/aromatic N) is 4. The quantitative estimate of drug-likeness (QED) is 0.734. The summed E-state index contributed by atoms with van der Waals surface area (Å²) >= 11 is 0. The molecule has 8 heteroatoms. The zero-order valence-corrected chi connectivity index (χ0v) is 16.9. The summed E-state index contributed by atoms with van der Waals surface area (Å²) in [6, 6.07) is 3.81. The molecule has 0 aromatic carbocycles. The van der Waals surface area contributed by atoms with Crippen LogP contribution in [0, 0.1) is 5.92 Å². The van der Waals surface area contributed by atoms with Gasteiger partial charge in [0.2, 0.25) is 11.8 Å². The van der Waals surface area contributed by atoms with Gasteiger partial charge in [-0.25, -0.2) is 0 Å². The van der Waals surface area contributed by atoms with Crippen LogP contribution in [0.15, 0.2) is 29.0 Å². The Balaban J connectivity index is 1.29. The SMILES string of the molecule is COCc1noc(CC2CCOC3(CCN(C(=O)Cc4cccnc4)CC3)C2)n1. The Morgan fingerprint density at radius 1 is 1.38 bits per heavy atom. The minimum Gasteiger partial charge on any atom is -0.377 e. The van der Waals surface area contributed by atoms with E-state index in [2.05, 4.69) is 15.1 Å². The Hall–Kier alpha value is -2.32. The normalized spacial score (nSPS) is 21.4. The molecule has 2 saturated heterocycles. The van der Waals surface area contributed by atoms with Gasteiger partial charge in [-0.15, -0.1) is 0 Å². The topological polar surface area (TPSA) is 90.6 Å². The van der Waals surface area contributed by atoms with E-state index < -0.39 is 0 Å². The molecule has 4 heterocycles. The van der Waals surface area contributed by atoms with E-state index in [0.29, 0.717) is 30.7 Å². The molecule has 1 atom stereocenters. The largest absolute Gasteiger partial charge is 0.377 e. The van der Waals surface area contributed by atoms with Gasteiger partial charge < -0.3 is 18.9 Å². The van der Waals surface area contributed by atoms with Crippen LogP contribution in [0.25, 0.3) is 0 Å². The number of methoxy groups -OCH3 is 1. The number of aromatic nitrogens is 3. The monoisotopic (exact) mass is 400 g/mol. The van der Waals surface area contributed by atoms with E-state index in [1.165, 1.54) is 0 Å². The number of likely N-dealkylation sites (tertiary alicyclic amines) is 1. The maximum absolute atomic E-state index is 12.6.